The highest BCUT2D eigenvalue weighted by atomic mass is 35.5. The summed E-state index contributed by atoms with van der Waals surface area (Å²) in [6.45, 7) is 5.90. The molecule has 2 nitrogen and oxygen atoms in total. The van der Waals surface area contributed by atoms with Crippen LogP contribution >= 0.6 is 11.6 Å². The van der Waals surface area contributed by atoms with Gasteiger partial charge in [0.15, 0.2) is 0 Å². The number of benzene rings is 1. The Bertz CT molecular complexity index is 335. The lowest BCUT2D eigenvalue weighted by atomic mass is 10.1. The van der Waals surface area contributed by atoms with Gasteiger partial charge in [0, 0.05) is 18.1 Å². The molecule has 0 bridgehead atoms. The van der Waals surface area contributed by atoms with Crippen LogP contribution in [0, 0.1) is 0 Å². The topological polar surface area (TPSA) is 15.3 Å². The fourth-order valence-corrected chi connectivity index (χ4v) is 2.51. The van der Waals surface area contributed by atoms with Gasteiger partial charge in [-0.25, -0.2) is 0 Å². The molecule has 1 aromatic rings. The summed E-state index contributed by atoms with van der Waals surface area (Å²) in [6.07, 6.45) is 3.81. The van der Waals surface area contributed by atoms with Crippen molar-refractivity contribution in [1.82, 2.24) is 10.2 Å². The molecule has 1 aromatic carbocycles. The van der Waals surface area contributed by atoms with Gasteiger partial charge in [-0.15, -0.1) is 0 Å². The first-order valence-corrected chi connectivity index (χ1v) is 6.90. The average Bonchev–Trinajstić information content (AvgIpc) is 2.82. The third kappa shape index (κ3) is 4.66. The minimum absolute atomic E-state index is 0.833. The van der Waals surface area contributed by atoms with Crippen molar-refractivity contribution < 1.29 is 0 Å². The van der Waals surface area contributed by atoms with Crippen molar-refractivity contribution in [3.8, 4) is 0 Å². The highest BCUT2D eigenvalue weighted by Gasteiger charge is 2.09. The highest BCUT2D eigenvalue weighted by molar-refractivity contribution is 6.30. The number of hydrogen-bond acceptors (Lipinski definition) is 2. The molecule has 0 saturated carbocycles. The SMILES string of the molecule is Clc1cccc(CCNCCN2CCCC2)c1. The van der Waals surface area contributed by atoms with Crippen LogP contribution in [0.5, 0.6) is 0 Å². The monoisotopic (exact) mass is 252 g/mol. The Hall–Kier alpha value is -0.570. The molecule has 1 fully saturated rings. The van der Waals surface area contributed by atoms with Gasteiger partial charge in [0.2, 0.25) is 0 Å². The van der Waals surface area contributed by atoms with E-state index in [1.165, 1.54) is 38.0 Å². The summed E-state index contributed by atoms with van der Waals surface area (Å²) in [5.74, 6) is 0. The largest absolute Gasteiger partial charge is 0.315 e. The van der Waals surface area contributed by atoms with E-state index in [4.69, 9.17) is 11.6 Å². The maximum Gasteiger partial charge on any atom is 0.0408 e. The molecule has 0 spiro atoms. The van der Waals surface area contributed by atoms with E-state index < -0.39 is 0 Å². The number of rotatable bonds is 6. The number of nitrogens with zero attached hydrogens (tertiary/aromatic N) is 1. The summed E-state index contributed by atoms with van der Waals surface area (Å²) in [5, 5.41) is 4.33. The molecule has 0 unspecified atom stereocenters. The molecule has 1 aliphatic heterocycles. The standard InChI is InChI=1S/C14H21ClN2/c15-14-5-3-4-13(12-14)6-7-16-8-11-17-9-1-2-10-17/h3-5,12,16H,1-2,6-11H2. The van der Waals surface area contributed by atoms with Gasteiger partial charge >= 0.3 is 0 Å². The van der Waals surface area contributed by atoms with Gasteiger partial charge in [0.1, 0.15) is 0 Å². The Morgan fingerprint density at radius 2 is 2.00 bits per heavy atom. The summed E-state index contributed by atoms with van der Waals surface area (Å²) < 4.78 is 0. The van der Waals surface area contributed by atoms with Crippen molar-refractivity contribution in [2.75, 3.05) is 32.7 Å². The molecule has 17 heavy (non-hydrogen) atoms. The van der Waals surface area contributed by atoms with Gasteiger partial charge in [0.05, 0.1) is 0 Å². The van der Waals surface area contributed by atoms with Crippen LogP contribution in [-0.2, 0) is 6.42 Å². The Morgan fingerprint density at radius 3 is 2.76 bits per heavy atom. The molecule has 0 atom stereocenters. The molecule has 3 heteroatoms. The summed E-state index contributed by atoms with van der Waals surface area (Å²) in [5.41, 5.74) is 1.31. The number of likely N-dealkylation sites (tertiary alicyclic amines) is 1. The minimum Gasteiger partial charge on any atom is -0.315 e. The van der Waals surface area contributed by atoms with Crippen LogP contribution in [0.25, 0.3) is 0 Å². The zero-order valence-corrected chi connectivity index (χ0v) is 11.0. The third-order valence-corrected chi connectivity index (χ3v) is 3.52. The first-order chi connectivity index (χ1) is 8.34. The maximum atomic E-state index is 5.94. The summed E-state index contributed by atoms with van der Waals surface area (Å²) in [6, 6.07) is 8.12. The fraction of sp³-hybridized carbons (Fsp3) is 0.571. The van der Waals surface area contributed by atoms with E-state index in [1.54, 1.807) is 0 Å². The average molecular weight is 253 g/mol. The smallest absolute Gasteiger partial charge is 0.0408 e. The molecule has 0 radical (unpaired) electrons. The van der Waals surface area contributed by atoms with Gasteiger partial charge in [-0.3, -0.25) is 0 Å². The first-order valence-electron chi connectivity index (χ1n) is 6.52. The lowest BCUT2D eigenvalue weighted by Gasteiger charge is -2.14. The summed E-state index contributed by atoms with van der Waals surface area (Å²) >= 11 is 5.94. The van der Waals surface area contributed by atoms with E-state index in [0.29, 0.717) is 0 Å². The van der Waals surface area contributed by atoms with Gasteiger partial charge in [-0.05, 0) is 56.6 Å². The van der Waals surface area contributed by atoms with Crippen molar-refractivity contribution in [2.45, 2.75) is 19.3 Å². The number of nitrogens with one attached hydrogen (secondary N) is 1. The van der Waals surface area contributed by atoms with Gasteiger partial charge in [-0.2, -0.15) is 0 Å². The second-order valence-corrected chi connectivity index (χ2v) is 5.12. The molecular weight excluding hydrogens is 232 g/mol. The molecule has 2 rings (SSSR count). The molecule has 94 valence electrons. The first kappa shape index (κ1) is 12.9. The zero-order valence-electron chi connectivity index (χ0n) is 10.3. The van der Waals surface area contributed by atoms with E-state index in [9.17, 15) is 0 Å². The normalized spacial score (nSPS) is 16.5. The van der Waals surface area contributed by atoms with Crippen molar-refractivity contribution in [1.29, 1.82) is 0 Å². The van der Waals surface area contributed by atoms with Crippen LogP contribution in [-0.4, -0.2) is 37.6 Å². The Labute approximate surface area is 109 Å². The Morgan fingerprint density at radius 1 is 1.18 bits per heavy atom. The molecule has 0 aromatic heterocycles. The molecule has 1 saturated heterocycles. The quantitative estimate of drug-likeness (QED) is 0.783. The van der Waals surface area contributed by atoms with E-state index in [-0.39, 0.29) is 0 Å². The third-order valence-electron chi connectivity index (χ3n) is 3.28. The summed E-state index contributed by atoms with van der Waals surface area (Å²) in [4.78, 5) is 2.53. The molecule has 1 N–H and O–H groups in total. The molecule has 1 heterocycles. The minimum atomic E-state index is 0.833. The lowest BCUT2D eigenvalue weighted by molar-refractivity contribution is 0.336. The second kappa shape index (κ2) is 7.00. The predicted octanol–water partition coefficient (Wildman–Crippen LogP) is 2.57. The Kier molecular flexibility index (Phi) is 5.30. The highest BCUT2D eigenvalue weighted by Crippen LogP contribution is 2.10. The summed E-state index contributed by atoms with van der Waals surface area (Å²) in [7, 11) is 0. The van der Waals surface area contributed by atoms with Gasteiger partial charge in [0.25, 0.3) is 0 Å². The van der Waals surface area contributed by atoms with E-state index in [1.807, 2.05) is 18.2 Å². The number of hydrogen-bond donors (Lipinski definition) is 1. The van der Waals surface area contributed by atoms with Crippen molar-refractivity contribution in [3.63, 3.8) is 0 Å². The molecule has 0 aliphatic carbocycles. The lowest BCUT2D eigenvalue weighted by Crippen LogP contribution is -2.30. The second-order valence-electron chi connectivity index (χ2n) is 4.68. The van der Waals surface area contributed by atoms with E-state index >= 15 is 0 Å². The van der Waals surface area contributed by atoms with Crippen LogP contribution in [0.1, 0.15) is 18.4 Å². The van der Waals surface area contributed by atoms with Crippen molar-refractivity contribution in [3.05, 3.63) is 34.9 Å². The van der Waals surface area contributed by atoms with Crippen molar-refractivity contribution in [2.24, 2.45) is 0 Å². The van der Waals surface area contributed by atoms with E-state index in [0.717, 1.165) is 24.5 Å². The molecule has 1 aliphatic rings. The zero-order chi connectivity index (χ0) is 11.9. The Balaban J connectivity index is 1.56. The van der Waals surface area contributed by atoms with Gasteiger partial charge < -0.3 is 10.2 Å². The maximum absolute atomic E-state index is 5.94. The number of halogens is 1. The van der Waals surface area contributed by atoms with Crippen LogP contribution in [0.15, 0.2) is 24.3 Å². The van der Waals surface area contributed by atoms with Crippen LogP contribution < -0.4 is 5.32 Å². The molecule has 0 amide bonds. The predicted molar refractivity (Wildman–Crippen MR) is 73.7 cm³/mol. The van der Waals surface area contributed by atoms with Gasteiger partial charge in [-0.1, -0.05) is 23.7 Å². The van der Waals surface area contributed by atoms with Crippen LogP contribution in [0.4, 0.5) is 0 Å². The van der Waals surface area contributed by atoms with Crippen LogP contribution in [0.2, 0.25) is 5.02 Å². The van der Waals surface area contributed by atoms with E-state index in [2.05, 4.69) is 16.3 Å². The van der Waals surface area contributed by atoms with Crippen LogP contribution in [0.3, 0.4) is 0 Å². The molecular formula is C14H21ClN2. The van der Waals surface area contributed by atoms with Crippen molar-refractivity contribution >= 4 is 11.6 Å². The fourth-order valence-electron chi connectivity index (χ4n) is 2.29.